The second-order valence-corrected chi connectivity index (χ2v) is 5.25. The Morgan fingerprint density at radius 1 is 0.773 bits per heavy atom. The van der Waals surface area contributed by atoms with Crippen molar-refractivity contribution < 1.29 is 5.11 Å². The molecule has 0 unspecified atom stereocenters. The van der Waals surface area contributed by atoms with Gasteiger partial charge in [0, 0.05) is 10.8 Å². The van der Waals surface area contributed by atoms with E-state index >= 15 is 0 Å². The first kappa shape index (κ1) is 12.7. The molecule has 22 heavy (non-hydrogen) atoms. The van der Waals surface area contributed by atoms with Crippen LogP contribution in [0.5, 0.6) is 5.75 Å². The van der Waals surface area contributed by atoms with Gasteiger partial charge in [0.15, 0.2) is 0 Å². The molecule has 2 N–H and O–H groups in total. The van der Waals surface area contributed by atoms with E-state index in [-0.39, 0.29) is 11.3 Å². The van der Waals surface area contributed by atoms with Crippen molar-refractivity contribution in [2.45, 2.75) is 0 Å². The van der Waals surface area contributed by atoms with Crippen LogP contribution in [0, 0.1) is 0 Å². The van der Waals surface area contributed by atoms with Crippen LogP contribution in [-0.2, 0) is 0 Å². The third kappa shape index (κ3) is 1.79. The second-order valence-electron chi connectivity index (χ2n) is 5.25. The molecule has 0 saturated heterocycles. The number of hydrogen-bond donors (Lipinski definition) is 2. The molecule has 3 heteroatoms. The number of aromatic nitrogens is 1. The number of hydrogen-bond acceptors (Lipinski definition) is 2. The Balaban J connectivity index is 2.15. The number of pyridine rings is 1. The van der Waals surface area contributed by atoms with Gasteiger partial charge in [0.2, 0.25) is 0 Å². The lowest BCUT2D eigenvalue weighted by Crippen LogP contribution is -2.09. The number of aromatic hydroxyl groups is 1. The summed E-state index contributed by atoms with van der Waals surface area (Å²) in [6, 6.07) is 20.8. The fourth-order valence-corrected chi connectivity index (χ4v) is 2.89. The summed E-state index contributed by atoms with van der Waals surface area (Å²) in [4.78, 5) is 15.4. The first-order valence-electron chi connectivity index (χ1n) is 7.08. The normalized spacial score (nSPS) is 11.1. The van der Waals surface area contributed by atoms with E-state index in [4.69, 9.17) is 0 Å². The van der Waals surface area contributed by atoms with Crippen LogP contribution in [-0.4, -0.2) is 10.1 Å². The standard InChI is InChI=1S/C19H13NO2/c21-18-15-11-10-12-6-4-5-9-14(12)17(15)20-19(22)16(18)13-7-2-1-3-8-13/h1-11H,(H2,20,21,22). The van der Waals surface area contributed by atoms with Gasteiger partial charge in [-0.3, -0.25) is 4.79 Å². The molecule has 106 valence electrons. The fourth-order valence-electron chi connectivity index (χ4n) is 2.89. The number of aromatic amines is 1. The molecule has 0 fully saturated rings. The van der Waals surface area contributed by atoms with Crippen molar-refractivity contribution in [2.75, 3.05) is 0 Å². The maximum atomic E-state index is 12.5. The fraction of sp³-hybridized carbons (Fsp3) is 0. The molecule has 0 bridgehead atoms. The Hall–Kier alpha value is -3.07. The lowest BCUT2D eigenvalue weighted by Gasteiger charge is -2.09. The molecule has 0 radical (unpaired) electrons. The van der Waals surface area contributed by atoms with Gasteiger partial charge in [-0.05, 0) is 17.0 Å². The van der Waals surface area contributed by atoms with Gasteiger partial charge in [0.25, 0.3) is 5.56 Å². The van der Waals surface area contributed by atoms with E-state index in [1.165, 1.54) is 0 Å². The number of nitrogens with one attached hydrogen (secondary N) is 1. The summed E-state index contributed by atoms with van der Waals surface area (Å²) in [5.74, 6) is 0.0238. The number of benzene rings is 3. The zero-order valence-electron chi connectivity index (χ0n) is 11.7. The third-order valence-electron chi connectivity index (χ3n) is 3.95. The molecular formula is C19H13NO2. The highest BCUT2D eigenvalue weighted by atomic mass is 16.3. The van der Waals surface area contributed by atoms with Gasteiger partial charge in [-0.25, -0.2) is 0 Å². The highest BCUT2D eigenvalue weighted by Gasteiger charge is 2.14. The maximum Gasteiger partial charge on any atom is 0.260 e. The predicted octanol–water partition coefficient (Wildman–Crippen LogP) is 4.05. The molecule has 0 aliphatic carbocycles. The predicted molar refractivity (Wildman–Crippen MR) is 89.2 cm³/mol. The average Bonchev–Trinajstić information content (AvgIpc) is 2.56. The highest BCUT2D eigenvalue weighted by molar-refractivity contribution is 6.08. The van der Waals surface area contributed by atoms with Crippen LogP contribution in [0.15, 0.2) is 71.5 Å². The Kier molecular flexibility index (Phi) is 2.73. The van der Waals surface area contributed by atoms with E-state index in [2.05, 4.69) is 4.98 Å². The van der Waals surface area contributed by atoms with Gasteiger partial charge in [-0.2, -0.15) is 0 Å². The van der Waals surface area contributed by atoms with E-state index in [1.54, 1.807) is 0 Å². The highest BCUT2D eigenvalue weighted by Crippen LogP contribution is 2.34. The molecule has 3 nitrogen and oxygen atoms in total. The third-order valence-corrected chi connectivity index (χ3v) is 3.95. The monoisotopic (exact) mass is 287 g/mol. The SMILES string of the molecule is O=c1[nH]c2c(ccc3ccccc32)c(O)c1-c1ccccc1. The van der Waals surface area contributed by atoms with Crippen molar-refractivity contribution in [3.63, 3.8) is 0 Å². The van der Waals surface area contributed by atoms with Crippen LogP contribution in [0.4, 0.5) is 0 Å². The summed E-state index contributed by atoms with van der Waals surface area (Å²) in [5, 5.41) is 13.2. The first-order chi connectivity index (χ1) is 10.8. The quantitative estimate of drug-likeness (QED) is 0.519. The van der Waals surface area contributed by atoms with Crippen molar-refractivity contribution in [3.05, 3.63) is 77.1 Å². The zero-order chi connectivity index (χ0) is 15.1. The molecule has 0 amide bonds. The van der Waals surface area contributed by atoms with Crippen LogP contribution in [0.1, 0.15) is 0 Å². The minimum absolute atomic E-state index is 0.0238. The molecule has 0 aliphatic rings. The summed E-state index contributed by atoms with van der Waals surface area (Å²) in [7, 11) is 0. The van der Waals surface area contributed by atoms with Crippen molar-refractivity contribution in [1.82, 2.24) is 4.98 Å². The molecule has 1 heterocycles. The Bertz CT molecular complexity index is 1050. The van der Waals surface area contributed by atoms with Crippen LogP contribution >= 0.6 is 0 Å². The minimum Gasteiger partial charge on any atom is -0.506 e. The van der Waals surface area contributed by atoms with Crippen LogP contribution < -0.4 is 5.56 Å². The Morgan fingerprint density at radius 3 is 2.32 bits per heavy atom. The lowest BCUT2D eigenvalue weighted by molar-refractivity contribution is 0.482. The van der Waals surface area contributed by atoms with Crippen molar-refractivity contribution in [2.24, 2.45) is 0 Å². The van der Waals surface area contributed by atoms with Crippen LogP contribution in [0.3, 0.4) is 0 Å². The second kappa shape index (κ2) is 4.74. The van der Waals surface area contributed by atoms with Gasteiger partial charge in [0.1, 0.15) is 5.75 Å². The number of fused-ring (bicyclic) bond motifs is 3. The molecular weight excluding hydrogens is 274 g/mol. The van der Waals surface area contributed by atoms with Crippen molar-refractivity contribution in [1.29, 1.82) is 0 Å². The van der Waals surface area contributed by atoms with Gasteiger partial charge in [-0.1, -0.05) is 60.7 Å². The number of rotatable bonds is 1. The maximum absolute atomic E-state index is 12.5. The van der Waals surface area contributed by atoms with Gasteiger partial charge >= 0.3 is 0 Å². The van der Waals surface area contributed by atoms with E-state index < -0.39 is 0 Å². The molecule has 3 aromatic carbocycles. The topological polar surface area (TPSA) is 53.1 Å². The largest absolute Gasteiger partial charge is 0.506 e. The van der Waals surface area contributed by atoms with Gasteiger partial charge < -0.3 is 10.1 Å². The Morgan fingerprint density at radius 2 is 1.50 bits per heavy atom. The van der Waals surface area contributed by atoms with Crippen LogP contribution in [0.2, 0.25) is 0 Å². The van der Waals surface area contributed by atoms with E-state index in [0.29, 0.717) is 22.0 Å². The van der Waals surface area contributed by atoms with E-state index in [0.717, 1.165) is 10.8 Å². The summed E-state index contributed by atoms with van der Waals surface area (Å²) < 4.78 is 0. The molecule has 4 rings (SSSR count). The van der Waals surface area contributed by atoms with Gasteiger partial charge in [0.05, 0.1) is 11.1 Å². The van der Waals surface area contributed by atoms with Crippen molar-refractivity contribution in [3.8, 4) is 16.9 Å². The average molecular weight is 287 g/mol. The molecule has 4 aromatic rings. The number of H-pyrrole nitrogens is 1. The smallest absolute Gasteiger partial charge is 0.260 e. The first-order valence-corrected chi connectivity index (χ1v) is 7.08. The van der Waals surface area contributed by atoms with Gasteiger partial charge in [-0.15, -0.1) is 0 Å². The lowest BCUT2D eigenvalue weighted by atomic mass is 10.0. The van der Waals surface area contributed by atoms with Crippen LogP contribution in [0.25, 0.3) is 32.8 Å². The summed E-state index contributed by atoms with van der Waals surface area (Å²) >= 11 is 0. The zero-order valence-corrected chi connectivity index (χ0v) is 11.7. The molecule has 0 saturated carbocycles. The molecule has 1 aromatic heterocycles. The van der Waals surface area contributed by atoms with Crippen molar-refractivity contribution >= 4 is 21.7 Å². The Labute approximate surface area is 126 Å². The molecule has 0 atom stereocenters. The molecule has 0 aliphatic heterocycles. The van der Waals surface area contributed by atoms with E-state index in [1.807, 2.05) is 66.7 Å². The summed E-state index contributed by atoms with van der Waals surface area (Å²) in [5.41, 5.74) is 1.40. The molecule has 0 spiro atoms. The summed E-state index contributed by atoms with van der Waals surface area (Å²) in [6.45, 7) is 0. The van der Waals surface area contributed by atoms with E-state index in [9.17, 15) is 9.90 Å². The minimum atomic E-state index is -0.285. The summed E-state index contributed by atoms with van der Waals surface area (Å²) in [6.07, 6.45) is 0.